The highest BCUT2D eigenvalue weighted by atomic mass is 16.5. The predicted octanol–water partition coefficient (Wildman–Crippen LogP) is 4.10. The standard InChI is InChI=1S/C23H19NO3/c25-22(18-9-5-2-6-10-18)24-14-13-19-15-20(11-12-21(19)23(24)26)27-16-17-7-3-1-4-8-17/h1-12,15H,13-14,16H2. The smallest absolute Gasteiger partial charge is 0.261 e. The molecule has 27 heavy (non-hydrogen) atoms. The van der Waals surface area contributed by atoms with Crippen molar-refractivity contribution in [1.82, 2.24) is 4.90 Å². The Morgan fingerprint density at radius 2 is 1.63 bits per heavy atom. The van der Waals surface area contributed by atoms with Crippen LogP contribution in [0, 0.1) is 0 Å². The second-order valence-electron chi connectivity index (χ2n) is 6.47. The number of hydrogen-bond donors (Lipinski definition) is 0. The van der Waals surface area contributed by atoms with Crippen molar-refractivity contribution in [2.45, 2.75) is 13.0 Å². The third-order valence-corrected chi connectivity index (χ3v) is 4.67. The van der Waals surface area contributed by atoms with Crippen LogP contribution >= 0.6 is 0 Å². The summed E-state index contributed by atoms with van der Waals surface area (Å²) in [7, 11) is 0. The Morgan fingerprint density at radius 1 is 0.926 bits per heavy atom. The van der Waals surface area contributed by atoms with Gasteiger partial charge in [-0.15, -0.1) is 0 Å². The number of carbonyl (C=O) groups excluding carboxylic acids is 2. The van der Waals surface area contributed by atoms with Crippen molar-refractivity contribution in [3.8, 4) is 5.75 Å². The van der Waals surface area contributed by atoms with E-state index in [4.69, 9.17) is 4.74 Å². The van der Waals surface area contributed by atoms with E-state index in [0.717, 1.165) is 16.9 Å². The Kier molecular flexibility index (Phi) is 4.71. The van der Waals surface area contributed by atoms with E-state index in [1.807, 2.05) is 42.5 Å². The zero-order valence-electron chi connectivity index (χ0n) is 14.8. The molecule has 1 aliphatic rings. The largest absolute Gasteiger partial charge is 0.489 e. The number of imide groups is 1. The van der Waals surface area contributed by atoms with Gasteiger partial charge in [-0.1, -0.05) is 48.5 Å². The van der Waals surface area contributed by atoms with Gasteiger partial charge in [-0.05, 0) is 47.9 Å². The molecular weight excluding hydrogens is 338 g/mol. The molecule has 0 radical (unpaired) electrons. The van der Waals surface area contributed by atoms with Gasteiger partial charge < -0.3 is 4.74 Å². The fourth-order valence-corrected chi connectivity index (χ4v) is 3.23. The fourth-order valence-electron chi connectivity index (χ4n) is 3.23. The van der Waals surface area contributed by atoms with Gasteiger partial charge in [0.1, 0.15) is 12.4 Å². The van der Waals surface area contributed by atoms with E-state index in [-0.39, 0.29) is 11.8 Å². The molecule has 4 rings (SSSR count). The van der Waals surface area contributed by atoms with Crippen molar-refractivity contribution >= 4 is 11.8 Å². The number of carbonyl (C=O) groups is 2. The minimum Gasteiger partial charge on any atom is -0.489 e. The highest BCUT2D eigenvalue weighted by Crippen LogP contribution is 2.25. The summed E-state index contributed by atoms with van der Waals surface area (Å²) in [6.07, 6.45) is 0.627. The van der Waals surface area contributed by atoms with Gasteiger partial charge in [-0.3, -0.25) is 14.5 Å². The van der Waals surface area contributed by atoms with E-state index < -0.39 is 0 Å². The van der Waals surface area contributed by atoms with Crippen LogP contribution in [0.1, 0.15) is 31.8 Å². The molecule has 0 saturated heterocycles. The summed E-state index contributed by atoms with van der Waals surface area (Å²) in [5, 5.41) is 0. The Hall–Kier alpha value is -3.40. The van der Waals surface area contributed by atoms with Gasteiger partial charge in [-0.25, -0.2) is 0 Å². The van der Waals surface area contributed by atoms with Crippen LogP contribution in [0.2, 0.25) is 0 Å². The molecule has 0 atom stereocenters. The number of hydrogen-bond acceptors (Lipinski definition) is 3. The molecule has 0 fully saturated rings. The predicted molar refractivity (Wildman–Crippen MR) is 103 cm³/mol. The monoisotopic (exact) mass is 357 g/mol. The number of nitrogens with zero attached hydrogens (tertiary/aromatic N) is 1. The van der Waals surface area contributed by atoms with Crippen molar-refractivity contribution in [3.05, 3.63) is 101 Å². The average molecular weight is 357 g/mol. The lowest BCUT2D eigenvalue weighted by molar-refractivity contribution is 0.0605. The first kappa shape index (κ1) is 17.0. The molecule has 1 heterocycles. The van der Waals surface area contributed by atoms with Crippen LogP contribution in [0.15, 0.2) is 78.9 Å². The summed E-state index contributed by atoms with van der Waals surface area (Å²) in [4.78, 5) is 26.7. The normalized spacial score (nSPS) is 13.2. The summed E-state index contributed by atoms with van der Waals surface area (Å²) < 4.78 is 5.85. The van der Waals surface area contributed by atoms with Crippen LogP contribution < -0.4 is 4.74 Å². The molecule has 3 aromatic carbocycles. The van der Waals surface area contributed by atoms with Gasteiger partial charge in [0.05, 0.1) is 0 Å². The topological polar surface area (TPSA) is 46.6 Å². The van der Waals surface area contributed by atoms with E-state index in [1.165, 1.54) is 4.90 Å². The van der Waals surface area contributed by atoms with E-state index >= 15 is 0 Å². The molecule has 0 unspecified atom stereocenters. The summed E-state index contributed by atoms with van der Waals surface area (Å²) in [6.45, 7) is 0.855. The second kappa shape index (κ2) is 7.46. The molecule has 134 valence electrons. The van der Waals surface area contributed by atoms with Gasteiger partial charge in [0, 0.05) is 17.7 Å². The van der Waals surface area contributed by atoms with Gasteiger partial charge in [0.25, 0.3) is 11.8 Å². The fraction of sp³-hybridized carbons (Fsp3) is 0.130. The minimum absolute atomic E-state index is 0.250. The lowest BCUT2D eigenvalue weighted by Gasteiger charge is -2.27. The van der Waals surface area contributed by atoms with Crippen molar-refractivity contribution in [2.24, 2.45) is 0 Å². The third kappa shape index (κ3) is 3.60. The van der Waals surface area contributed by atoms with Crippen molar-refractivity contribution in [2.75, 3.05) is 6.54 Å². The van der Waals surface area contributed by atoms with Crippen molar-refractivity contribution < 1.29 is 14.3 Å². The molecule has 4 heteroatoms. The Balaban J connectivity index is 1.50. The van der Waals surface area contributed by atoms with Crippen molar-refractivity contribution in [1.29, 1.82) is 0 Å². The summed E-state index contributed by atoms with van der Waals surface area (Å²) in [5.41, 5.74) is 3.10. The molecule has 0 aliphatic carbocycles. The molecule has 0 spiro atoms. The van der Waals surface area contributed by atoms with E-state index in [2.05, 4.69) is 0 Å². The highest BCUT2D eigenvalue weighted by Gasteiger charge is 2.29. The number of ether oxygens (including phenoxy) is 1. The molecule has 0 bridgehead atoms. The van der Waals surface area contributed by atoms with Gasteiger partial charge >= 0.3 is 0 Å². The first-order valence-corrected chi connectivity index (χ1v) is 8.93. The maximum atomic E-state index is 12.8. The van der Waals surface area contributed by atoms with Gasteiger partial charge in [-0.2, -0.15) is 0 Å². The highest BCUT2D eigenvalue weighted by molar-refractivity contribution is 6.11. The maximum Gasteiger partial charge on any atom is 0.261 e. The molecule has 0 N–H and O–H groups in total. The van der Waals surface area contributed by atoms with E-state index in [9.17, 15) is 9.59 Å². The first-order valence-electron chi connectivity index (χ1n) is 8.93. The quantitative estimate of drug-likeness (QED) is 0.660. The zero-order valence-corrected chi connectivity index (χ0v) is 14.8. The molecular formula is C23H19NO3. The van der Waals surface area contributed by atoms with Gasteiger partial charge in [0.2, 0.25) is 0 Å². The first-order chi connectivity index (χ1) is 13.2. The van der Waals surface area contributed by atoms with E-state index in [0.29, 0.717) is 30.7 Å². The maximum absolute atomic E-state index is 12.8. The van der Waals surface area contributed by atoms with Crippen LogP contribution in [0.25, 0.3) is 0 Å². The molecule has 0 saturated carbocycles. The Bertz CT molecular complexity index is 967. The molecule has 4 nitrogen and oxygen atoms in total. The summed E-state index contributed by atoms with van der Waals surface area (Å²) in [5.74, 6) is 0.226. The number of fused-ring (bicyclic) bond motifs is 1. The van der Waals surface area contributed by atoms with Crippen LogP contribution in [0.3, 0.4) is 0 Å². The Morgan fingerprint density at radius 3 is 2.37 bits per heavy atom. The minimum atomic E-state index is -0.254. The molecule has 3 aromatic rings. The van der Waals surface area contributed by atoms with Crippen LogP contribution in [-0.4, -0.2) is 23.3 Å². The SMILES string of the molecule is O=C(c1ccccc1)N1CCc2cc(OCc3ccccc3)ccc2C1=O. The summed E-state index contributed by atoms with van der Waals surface area (Å²) in [6, 6.07) is 24.3. The van der Waals surface area contributed by atoms with Crippen LogP contribution in [0.4, 0.5) is 0 Å². The lowest BCUT2D eigenvalue weighted by Crippen LogP contribution is -2.42. The van der Waals surface area contributed by atoms with Gasteiger partial charge in [0.15, 0.2) is 0 Å². The second-order valence-corrected chi connectivity index (χ2v) is 6.47. The van der Waals surface area contributed by atoms with Crippen molar-refractivity contribution in [3.63, 3.8) is 0 Å². The lowest BCUT2D eigenvalue weighted by atomic mass is 9.98. The summed E-state index contributed by atoms with van der Waals surface area (Å²) >= 11 is 0. The Labute approximate surface area is 158 Å². The zero-order chi connectivity index (χ0) is 18.6. The van der Waals surface area contributed by atoms with Crippen LogP contribution in [-0.2, 0) is 13.0 Å². The number of amides is 2. The average Bonchev–Trinajstić information content (AvgIpc) is 2.73. The number of rotatable bonds is 4. The van der Waals surface area contributed by atoms with Crippen LogP contribution in [0.5, 0.6) is 5.75 Å². The molecule has 0 aromatic heterocycles. The van der Waals surface area contributed by atoms with E-state index in [1.54, 1.807) is 36.4 Å². The third-order valence-electron chi connectivity index (χ3n) is 4.67. The molecule has 1 aliphatic heterocycles. The number of benzene rings is 3. The molecule has 2 amide bonds.